The molecule has 0 saturated heterocycles. The quantitative estimate of drug-likeness (QED) is 0.112. The van der Waals surface area contributed by atoms with Crippen LogP contribution in [0.5, 0.6) is 17.2 Å². The number of pyridine rings is 3. The Labute approximate surface area is 398 Å². The minimum absolute atomic E-state index is 0. The van der Waals surface area contributed by atoms with E-state index in [0.29, 0.717) is 16.7 Å². The van der Waals surface area contributed by atoms with Gasteiger partial charge in [-0.15, -0.1) is 39.5 Å². The molecule has 0 fully saturated rings. The van der Waals surface area contributed by atoms with E-state index >= 15 is 0 Å². The molecule has 0 unspecified atom stereocenters. The van der Waals surface area contributed by atoms with Crippen LogP contribution in [0, 0.1) is 13.8 Å². The summed E-state index contributed by atoms with van der Waals surface area (Å²) >= 11 is 3.32. The Morgan fingerprint density at radius 1 is 0.612 bits per heavy atom. The maximum absolute atomic E-state index is 12.2. The average molecular weight is 1010 g/mol. The van der Waals surface area contributed by atoms with Gasteiger partial charge in [-0.05, 0) is 114 Å². The number of alkyl halides is 9. The molecule has 67 heavy (non-hydrogen) atoms. The molecule has 0 saturated carbocycles. The van der Waals surface area contributed by atoms with Crippen molar-refractivity contribution in [2.45, 2.75) is 46.3 Å². The van der Waals surface area contributed by atoms with Gasteiger partial charge in [0, 0.05) is 59.5 Å². The molecule has 0 aliphatic rings. The molecular formula is C43H37BBrF9LiN3O9. The van der Waals surface area contributed by atoms with Gasteiger partial charge < -0.3 is 38.9 Å². The molecular weight excluding hydrogens is 971 g/mol. The monoisotopic (exact) mass is 1010 g/mol. The maximum Gasteiger partial charge on any atom is 1.00 e. The molecule has 0 atom stereocenters. The first kappa shape index (κ1) is 58.9. The number of methoxy groups -OCH3 is 1. The molecule has 12 nitrogen and oxygen atoms in total. The molecule has 0 spiro atoms. The van der Waals surface area contributed by atoms with Gasteiger partial charge in [0.25, 0.3) is 0 Å². The number of hydrogen-bond donors (Lipinski definition) is 2. The maximum atomic E-state index is 12.2. The number of aryl methyl sites for hydroxylation is 2. The van der Waals surface area contributed by atoms with E-state index in [9.17, 15) is 54.2 Å². The van der Waals surface area contributed by atoms with Gasteiger partial charge in [-0.1, -0.05) is 52.3 Å². The largest absolute Gasteiger partial charge is 1.00 e. The van der Waals surface area contributed by atoms with Crippen LogP contribution in [0.4, 0.5) is 39.5 Å². The number of ether oxygens (including phenoxy) is 4. The third-order valence-electron chi connectivity index (χ3n) is 7.38. The van der Waals surface area contributed by atoms with E-state index in [1.54, 1.807) is 42.7 Å². The molecule has 6 aromatic rings. The average Bonchev–Trinajstić information content (AvgIpc) is 3.20. The Kier molecular flexibility index (Phi) is 24.7. The number of carboxylic acids is 1. The van der Waals surface area contributed by atoms with Crippen LogP contribution < -0.4 is 43.6 Å². The van der Waals surface area contributed by atoms with Crippen LogP contribution >= 0.6 is 15.9 Å². The summed E-state index contributed by atoms with van der Waals surface area (Å²) < 4.78 is 125. The van der Waals surface area contributed by atoms with E-state index in [0.717, 1.165) is 33.6 Å². The number of aliphatic carboxylic acids is 1. The summed E-state index contributed by atoms with van der Waals surface area (Å²) in [6, 6.07) is 26.2. The van der Waals surface area contributed by atoms with Crippen molar-refractivity contribution in [2.24, 2.45) is 0 Å². The molecule has 3 heterocycles. The van der Waals surface area contributed by atoms with Crippen molar-refractivity contribution in [1.29, 1.82) is 0 Å². The van der Waals surface area contributed by atoms with Crippen molar-refractivity contribution in [3.05, 3.63) is 149 Å². The Bertz CT molecular complexity index is 2450. The summed E-state index contributed by atoms with van der Waals surface area (Å²) in [6.07, 6.45) is -9.82. The number of hydrogen-bond acceptors (Lipinski definition) is 12. The molecule has 24 heteroatoms. The van der Waals surface area contributed by atoms with Gasteiger partial charge in [-0.2, -0.15) is 0 Å². The van der Waals surface area contributed by atoms with E-state index in [1.165, 1.54) is 74.8 Å². The first-order valence-electron chi connectivity index (χ1n) is 18.4. The number of carbonyl (C=O) groups excluding carboxylic acids is 2. The smallest absolute Gasteiger partial charge is 0.550 e. The zero-order chi connectivity index (χ0) is 49.7. The van der Waals surface area contributed by atoms with E-state index in [2.05, 4.69) is 49.8 Å². The summed E-state index contributed by atoms with van der Waals surface area (Å²) in [6.45, 7) is 5.14. The zero-order valence-corrected chi connectivity index (χ0v) is 37.4. The molecule has 0 amide bonds. The Morgan fingerprint density at radius 2 is 1.00 bits per heavy atom. The number of nitrogens with zero attached hydrogens (tertiary/aromatic N) is 3. The summed E-state index contributed by atoms with van der Waals surface area (Å²) in [5, 5.41) is 27.9. The minimum atomic E-state index is -4.78. The van der Waals surface area contributed by atoms with Gasteiger partial charge in [0.05, 0.1) is 7.11 Å². The van der Waals surface area contributed by atoms with Gasteiger partial charge >= 0.3 is 51.0 Å². The van der Waals surface area contributed by atoms with E-state index in [1.807, 2.05) is 26.0 Å². The number of benzene rings is 3. The number of aromatic nitrogens is 3. The second kappa shape index (κ2) is 28.1. The van der Waals surface area contributed by atoms with Gasteiger partial charge in [0.1, 0.15) is 17.2 Å². The van der Waals surface area contributed by atoms with E-state index < -0.39 is 37.9 Å². The minimum Gasteiger partial charge on any atom is -0.550 e. The third-order valence-corrected chi connectivity index (χ3v) is 7.87. The molecule has 0 aliphatic carbocycles. The van der Waals surface area contributed by atoms with Crippen LogP contribution in [-0.4, -0.2) is 70.3 Å². The Hall–Kier alpha value is -6.12. The fourth-order valence-electron chi connectivity index (χ4n) is 4.76. The molecule has 352 valence electrons. The van der Waals surface area contributed by atoms with Crippen LogP contribution in [0.1, 0.15) is 24.0 Å². The van der Waals surface area contributed by atoms with Crippen molar-refractivity contribution < 1.29 is 102 Å². The van der Waals surface area contributed by atoms with Gasteiger partial charge in [0.15, 0.2) is 0 Å². The fraction of sp³-hybridized carbons (Fsp3) is 0.186. The Balaban J connectivity index is 0.000000446. The van der Waals surface area contributed by atoms with Crippen molar-refractivity contribution in [3.63, 3.8) is 0 Å². The van der Waals surface area contributed by atoms with Gasteiger partial charge in [-0.3, -0.25) is 19.7 Å². The number of carboxylic acid groups (broad SMARTS) is 1. The molecule has 0 bridgehead atoms. The first-order chi connectivity index (χ1) is 30.7. The second-order valence-electron chi connectivity index (χ2n) is 12.7. The van der Waals surface area contributed by atoms with Crippen molar-refractivity contribution in [2.75, 3.05) is 7.11 Å². The van der Waals surface area contributed by atoms with Crippen LogP contribution in [0.25, 0.3) is 22.3 Å². The van der Waals surface area contributed by atoms with Crippen LogP contribution in [0.15, 0.2) is 132 Å². The number of rotatable bonds is 8. The van der Waals surface area contributed by atoms with Gasteiger partial charge in [0.2, 0.25) is 0 Å². The topological polar surface area (TPSA) is 173 Å². The zero-order valence-electron chi connectivity index (χ0n) is 35.8. The number of esters is 1. The van der Waals surface area contributed by atoms with Crippen molar-refractivity contribution in [3.8, 4) is 39.5 Å². The molecule has 0 aliphatic heterocycles. The van der Waals surface area contributed by atoms with Crippen molar-refractivity contribution >= 4 is 40.4 Å². The molecule has 3 aromatic heterocycles. The SMILES string of the molecule is COC(C)=O.Cc1cc(-c2cccc(OC(F)(F)F)c2)ccn1.Cc1cc(Br)ccn1.O=C([O-])Cc1cc(-c2cccc(OC(F)(F)F)c2)ccn1.OB(O)c1cccc(OC(F)(F)F)c1.[Li+]. The summed E-state index contributed by atoms with van der Waals surface area (Å²) in [5.74, 6) is -2.59. The molecule has 2 N–H and O–H groups in total. The second-order valence-corrected chi connectivity index (χ2v) is 13.6. The van der Waals surface area contributed by atoms with E-state index in [4.69, 9.17) is 10.0 Å². The summed E-state index contributed by atoms with van der Waals surface area (Å²) in [7, 11) is -0.464. The van der Waals surface area contributed by atoms with Crippen LogP contribution in [-0.2, 0) is 20.7 Å². The normalized spacial score (nSPS) is 10.5. The predicted molar refractivity (Wildman–Crippen MR) is 223 cm³/mol. The number of carbonyl (C=O) groups is 2. The van der Waals surface area contributed by atoms with Crippen LogP contribution in [0.3, 0.4) is 0 Å². The molecule has 6 rings (SSSR count). The first-order valence-corrected chi connectivity index (χ1v) is 19.2. The third kappa shape index (κ3) is 26.6. The van der Waals surface area contributed by atoms with Crippen molar-refractivity contribution in [1.82, 2.24) is 15.0 Å². The standard InChI is InChI=1S/C14H10F3NO3.C13H10F3NO.C7H6BF3O3.C6H6BrN.C3H6O2.Li/c15-14(16,17)21-12-3-1-2-9(7-12)10-4-5-18-11(6-10)8-13(19)20;1-9-7-11(5-6-17-9)10-3-2-4-12(8-10)18-13(14,15)16;9-7(10,11)14-6-3-1-2-5(4-6)8(12)13;1-5-4-6(7)2-3-8-5;1-3(4)5-2;/h1-7H,8H2,(H,19,20);2-8H,1H3;1-4,12-13H;2-4H,1H3;1-2H3;/q;;;;;+1/p-1. The van der Waals surface area contributed by atoms with E-state index in [-0.39, 0.29) is 53.9 Å². The summed E-state index contributed by atoms with van der Waals surface area (Å²) in [4.78, 5) is 32.0. The summed E-state index contributed by atoms with van der Waals surface area (Å²) in [5.41, 5.74) is 4.49. The van der Waals surface area contributed by atoms with Gasteiger partial charge in [-0.25, -0.2) is 0 Å². The Morgan fingerprint density at radius 3 is 1.37 bits per heavy atom. The predicted octanol–water partition coefficient (Wildman–Crippen LogP) is 5.50. The molecule has 0 radical (unpaired) electrons. The molecule has 3 aromatic carbocycles. The fourth-order valence-corrected chi connectivity index (χ4v) is 5.21. The number of halogens is 10. The van der Waals surface area contributed by atoms with Crippen LogP contribution in [0.2, 0.25) is 0 Å².